The summed E-state index contributed by atoms with van der Waals surface area (Å²) in [7, 11) is 0. The van der Waals surface area contributed by atoms with Crippen molar-refractivity contribution in [3.63, 3.8) is 0 Å². The number of hydrogen-bond acceptors (Lipinski definition) is 4. The molecule has 120 valence electrons. The zero-order valence-electron chi connectivity index (χ0n) is 12.9. The van der Waals surface area contributed by atoms with Gasteiger partial charge in [0.1, 0.15) is 29.4 Å². The predicted octanol–water partition coefficient (Wildman–Crippen LogP) is 5.15. The standard InChI is InChI=1S/C20H11FN2O2/c21-19-11-18(8-9-20(19)25-16-4-2-1-3-5-16)24-17-7-6-14(12-22)15(10-17)13-23/h1-11H. The second kappa shape index (κ2) is 7.16. The summed E-state index contributed by atoms with van der Waals surface area (Å²) in [5, 5.41) is 17.9. The molecule has 25 heavy (non-hydrogen) atoms. The summed E-state index contributed by atoms with van der Waals surface area (Å²) >= 11 is 0. The predicted molar refractivity (Wildman–Crippen MR) is 88.9 cm³/mol. The van der Waals surface area contributed by atoms with Crippen molar-refractivity contribution in [3.05, 3.63) is 83.7 Å². The normalized spacial score (nSPS) is 9.72. The van der Waals surface area contributed by atoms with Crippen molar-refractivity contribution in [1.82, 2.24) is 0 Å². The molecule has 0 radical (unpaired) electrons. The quantitative estimate of drug-likeness (QED) is 0.663. The highest BCUT2D eigenvalue weighted by molar-refractivity contribution is 5.50. The van der Waals surface area contributed by atoms with Crippen LogP contribution in [0.5, 0.6) is 23.0 Å². The van der Waals surface area contributed by atoms with Crippen LogP contribution in [0.15, 0.2) is 66.7 Å². The van der Waals surface area contributed by atoms with E-state index in [1.807, 2.05) is 18.2 Å². The van der Waals surface area contributed by atoms with Crippen LogP contribution in [0, 0.1) is 28.5 Å². The zero-order valence-corrected chi connectivity index (χ0v) is 12.9. The molecule has 0 amide bonds. The van der Waals surface area contributed by atoms with Gasteiger partial charge in [0, 0.05) is 6.07 Å². The molecule has 0 fully saturated rings. The average molecular weight is 330 g/mol. The molecule has 0 aliphatic carbocycles. The van der Waals surface area contributed by atoms with E-state index in [1.54, 1.807) is 36.4 Å². The molecule has 5 heteroatoms. The second-order valence-electron chi connectivity index (χ2n) is 5.04. The Labute approximate surface area is 143 Å². The summed E-state index contributed by atoms with van der Waals surface area (Å²) in [6, 6.07) is 21.4. The fourth-order valence-corrected chi connectivity index (χ4v) is 2.16. The lowest BCUT2D eigenvalue weighted by Crippen LogP contribution is -1.91. The fourth-order valence-electron chi connectivity index (χ4n) is 2.16. The van der Waals surface area contributed by atoms with Gasteiger partial charge in [0.2, 0.25) is 0 Å². The molecular weight excluding hydrogens is 319 g/mol. The zero-order chi connectivity index (χ0) is 17.6. The monoisotopic (exact) mass is 330 g/mol. The Morgan fingerprint density at radius 1 is 0.680 bits per heavy atom. The number of para-hydroxylation sites is 1. The third kappa shape index (κ3) is 3.74. The van der Waals surface area contributed by atoms with Crippen LogP contribution in [0.4, 0.5) is 4.39 Å². The van der Waals surface area contributed by atoms with Gasteiger partial charge < -0.3 is 9.47 Å². The van der Waals surface area contributed by atoms with Crippen molar-refractivity contribution >= 4 is 0 Å². The van der Waals surface area contributed by atoms with Crippen molar-refractivity contribution in [2.45, 2.75) is 0 Å². The van der Waals surface area contributed by atoms with Gasteiger partial charge in [-0.1, -0.05) is 18.2 Å². The van der Waals surface area contributed by atoms with Crippen LogP contribution in [0.3, 0.4) is 0 Å². The molecule has 0 aliphatic heterocycles. The third-order valence-electron chi connectivity index (χ3n) is 3.34. The minimum atomic E-state index is -0.574. The van der Waals surface area contributed by atoms with Gasteiger partial charge in [-0.2, -0.15) is 10.5 Å². The molecule has 0 atom stereocenters. The molecule has 0 N–H and O–H groups in total. The van der Waals surface area contributed by atoms with Crippen molar-refractivity contribution in [1.29, 1.82) is 10.5 Å². The lowest BCUT2D eigenvalue weighted by Gasteiger charge is -2.10. The third-order valence-corrected chi connectivity index (χ3v) is 3.34. The number of halogens is 1. The average Bonchev–Trinajstić information content (AvgIpc) is 2.64. The van der Waals surface area contributed by atoms with Crippen LogP contribution >= 0.6 is 0 Å². The highest BCUT2D eigenvalue weighted by Gasteiger charge is 2.09. The Morgan fingerprint density at radius 2 is 1.36 bits per heavy atom. The SMILES string of the molecule is N#Cc1ccc(Oc2ccc(Oc3ccccc3)c(F)c2)cc1C#N. The van der Waals surface area contributed by atoms with E-state index in [-0.39, 0.29) is 22.6 Å². The fraction of sp³-hybridized carbons (Fsp3) is 0. The second-order valence-corrected chi connectivity index (χ2v) is 5.04. The number of ether oxygens (including phenoxy) is 2. The van der Waals surface area contributed by atoms with Gasteiger partial charge in [0.05, 0.1) is 11.1 Å². The molecule has 3 rings (SSSR count). The smallest absolute Gasteiger partial charge is 0.169 e. The van der Waals surface area contributed by atoms with Crippen molar-refractivity contribution in [2.24, 2.45) is 0 Å². The maximum absolute atomic E-state index is 14.2. The first-order valence-electron chi connectivity index (χ1n) is 7.34. The largest absolute Gasteiger partial charge is 0.457 e. The van der Waals surface area contributed by atoms with Crippen LogP contribution in [-0.4, -0.2) is 0 Å². The molecule has 3 aromatic rings. The topological polar surface area (TPSA) is 66.0 Å². The number of nitriles is 2. The molecule has 0 aromatic heterocycles. The van der Waals surface area contributed by atoms with Gasteiger partial charge in [-0.25, -0.2) is 4.39 Å². The first-order chi connectivity index (χ1) is 12.2. The first kappa shape index (κ1) is 16.0. The molecule has 0 saturated carbocycles. The summed E-state index contributed by atoms with van der Waals surface area (Å²) in [5.41, 5.74) is 0.456. The summed E-state index contributed by atoms with van der Waals surface area (Å²) in [6.45, 7) is 0. The van der Waals surface area contributed by atoms with Crippen LogP contribution in [0.25, 0.3) is 0 Å². The van der Waals surface area contributed by atoms with Gasteiger partial charge in [0.25, 0.3) is 0 Å². The number of nitrogens with zero attached hydrogens (tertiary/aromatic N) is 2. The Hall–Kier alpha value is -3.83. The Bertz CT molecular complexity index is 989. The summed E-state index contributed by atoms with van der Waals surface area (Å²) < 4.78 is 25.2. The van der Waals surface area contributed by atoms with E-state index in [0.717, 1.165) is 0 Å². The van der Waals surface area contributed by atoms with Crippen LogP contribution in [0.1, 0.15) is 11.1 Å². The van der Waals surface area contributed by atoms with E-state index in [9.17, 15) is 4.39 Å². The van der Waals surface area contributed by atoms with Crippen molar-refractivity contribution < 1.29 is 13.9 Å². The molecule has 0 heterocycles. The highest BCUT2D eigenvalue weighted by Crippen LogP contribution is 2.30. The molecule has 0 saturated heterocycles. The Balaban J connectivity index is 1.80. The number of benzene rings is 3. The maximum Gasteiger partial charge on any atom is 0.169 e. The van der Waals surface area contributed by atoms with E-state index in [2.05, 4.69) is 0 Å². The lowest BCUT2D eigenvalue weighted by molar-refractivity contribution is 0.432. The van der Waals surface area contributed by atoms with Gasteiger partial charge in [-0.15, -0.1) is 0 Å². The van der Waals surface area contributed by atoms with Gasteiger partial charge >= 0.3 is 0 Å². The van der Waals surface area contributed by atoms with Gasteiger partial charge in [-0.05, 0) is 42.5 Å². The minimum absolute atomic E-state index is 0.0797. The minimum Gasteiger partial charge on any atom is -0.457 e. The summed E-state index contributed by atoms with van der Waals surface area (Å²) in [6.07, 6.45) is 0. The molecular formula is C20H11FN2O2. The van der Waals surface area contributed by atoms with Crippen LogP contribution < -0.4 is 9.47 Å². The van der Waals surface area contributed by atoms with Gasteiger partial charge in [0.15, 0.2) is 11.6 Å². The molecule has 0 unspecified atom stereocenters. The molecule has 3 aromatic carbocycles. The van der Waals surface area contributed by atoms with Crippen molar-refractivity contribution in [2.75, 3.05) is 0 Å². The molecule has 0 aliphatic rings. The van der Waals surface area contributed by atoms with Crippen LogP contribution in [0.2, 0.25) is 0 Å². The van der Waals surface area contributed by atoms with E-state index in [4.69, 9.17) is 20.0 Å². The first-order valence-corrected chi connectivity index (χ1v) is 7.34. The van der Waals surface area contributed by atoms with Gasteiger partial charge in [-0.3, -0.25) is 0 Å². The van der Waals surface area contributed by atoms with E-state index in [1.165, 1.54) is 24.3 Å². The number of rotatable bonds is 4. The highest BCUT2D eigenvalue weighted by atomic mass is 19.1. The van der Waals surface area contributed by atoms with E-state index in [0.29, 0.717) is 11.5 Å². The maximum atomic E-state index is 14.2. The summed E-state index contributed by atoms with van der Waals surface area (Å²) in [4.78, 5) is 0. The molecule has 4 nitrogen and oxygen atoms in total. The van der Waals surface area contributed by atoms with Crippen molar-refractivity contribution in [3.8, 4) is 35.1 Å². The van der Waals surface area contributed by atoms with E-state index >= 15 is 0 Å². The van der Waals surface area contributed by atoms with Crippen LogP contribution in [-0.2, 0) is 0 Å². The molecule has 0 spiro atoms. The number of hydrogen-bond donors (Lipinski definition) is 0. The lowest BCUT2D eigenvalue weighted by atomic mass is 10.1. The Kier molecular flexibility index (Phi) is 4.60. The summed E-state index contributed by atoms with van der Waals surface area (Å²) in [5.74, 6) is 0.630. The van der Waals surface area contributed by atoms with E-state index < -0.39 is 5.82 Å². The Morgan fingerprint density at radius 3 is 2.04 bits per heavy atom. The molecule has 0 bridgehead atoms.